The number of carbonyl (C=O) groups excluding carboxylic acids is 1. The van der Waals surface area contributed by atoms with Crippen molar-refractivity contribution in [3.05, 3.63) is 58.0 Å². The molecule has 0 saturated heterocycles. The Bertz CT molecular complexity index is 586. The van der Waals surface area contributed by atoms with Gasteiger partial charge in [0.25, 0.3) is 0 Å². The molecule has 1 amide bonds. The fraction of sp³-hybridized carbons (Fsp3) is 0.312. The van der Waals surface area contributed by atoms with Crippen LogP contribution in [0.4, 0.5) is 4.39 Å². The molecular formula is C16H18FNO2S. The van der Waals surface area contributed by atoms with Gasteiger partial charge in [-0.3, -0.25) is 4.79 Å². The van der Waals surface area contributed by atoms with Crippen LogP contribution in [-0.4, -0.2) is 17.6 Å². The van der Waals surface area contributed by atoms with Crippen molar-refractivity contribution in [1.29, 1.82) is 0 Å². The molecule has 1 aromatic carbocycles. The Morgan fingerprint density at radius 1 is 1.33 bits per heavy atom. The smallest absolute Gasteiger partial charge is 0.223 e. The van der Waals surface area contributed by atoms with Crippen molar-refractivity contribution < 1.29 is 14.3 Å². The van der Waals surface area contributed by atoms with E-state index in [1.807, 2.05) is 24.4 Å². The topological polar surface area (TPSA) is 49.3 Å². The van der Waals surface area contributed by atoms with E-state index in [4.69, 9.17) is 0 Å². The Morgan fingerprint density at radius 2 is 2.10 bits per heavy atom. The second-order valence-electron chi connectivity index (χ2n) is 4.97. The summed E-state index contributed by atoms with van der Waals surface area (Å²) >= 11 is 1.61. The van der Waals surface area contributed by atoms with Gasteiger partial charge in [0, 0.05) is 22.9 Å². The molecule has 2 aromatic rings. The number of amides is 1. The summed E-state index contributed by atoms with van der Waals surface area (Å²) in [5.41, 5.74) is 0.198. The van der Waals surface area contributed by atoms with Gasteiger partial charge in [-0.15, -0.1) is 11.3 Å². The predicted octanol–water partition coefficient (Wildman–Crippen LogP) is 2.92. The minimum atomic E-state index is -1.04. The third-order valence-corrected chi connectivity index (χ3v) is 4.17. The fourth-order valence-electron chi connectivity index (χ4n) is 2.05. The predicted molar refractivity (Wildman–Crippen MR) is 81.6 cm³/mol. The lowest BCUT2D eigenvalue weighted by atomic mass is 10.1. The first-order chi connectivity index (χ1) is 10.1. The number of aliphatic hydroxyl groups excluding tert-OH is 1. The Labute approximate surface area is 127 Å². The molecule has 2 rings (SSSR count). The standard InChI is InChI=1S/C16H18FNO2S/c1-11(9-12-5-4-8-21-12)16(20)18-10-15(19)13-6-2-3-7-14(13)17/h2-8,11,15,19H,9-10H2,1H3,(H,18,20). The lowest BCUT2D eigenvalue weighted by Gasteiger charge is -2.15. The molecule has 0 fully saturated rings. The minimum Gasteiger partial charge on any atom is -0.386 e. The van der Waals surface area contributed by atoms with Crippen LogP contribution in [0.25, 0.3) is 0 Å². The van der Waals surface area contributed by atoms with Crippen molar-refractivity contribution >= 4 is 17.2 Å². The molecule has 0 bridgehead atoms. The maximum Gasteiger partial charge on any atom is 0.223 e. The molecule has 112 valence electrons. The Hall–Kier alpha value is -1.72. The molecule has 2 unspecified atom stereocenters. The summed E-state index contributed by atoms with van der Waals surface area (Å²) in [6.07, 6.45) is -0.372. The lowest BCUT2D eigenvalue weighted by molar-refractivity contribution is -0.124. The molecule has 1 heterocycles. The molecule has 0 aliphatic rings. The molecule has 21 heavy (non-hydrogen) atoms. The third kappa shape index (κ3) is 4.37. The van der Waals surface area contributed by atoms with Crippen molar-refractivity contribution in [2.45, 2.75) is 19.4 Å². The summed E-state index contributed by atoms with van der Waals surface area (Å²) in [6, 6.07) is 9.96. The van der Waals surface area contributed by atoms with Gasteiger partial charge in [-0.05, 0) is 23.9 Å². The van der Waals surface area contributed by atoms with Gasteiger partial charge in [-0.25, -0.2) is 4.39 Å². The number of thiophene rings is 1. The van der Waals surface area contributed by atoms with Gasteiger partial charge in [0.05, 0.1) is 6.10 Å². The maximum atomic E-state index is 13.5. The van der Waals surface area contributed by atoms with Crippen LogP contribution in [0.3, 0.4) is 0 Å². The summed E-state index contributed by atoms with van der Waals surface area (Å²) < 4.78 is 13.5. The highest BCUT2D eigenvalue weighted by atomic mass is 32.1. The highest BCUT2D eigenvalue weighted by Gasteiger charge is 2.17. The van der Waals surface area contributed by atoms with E-state index in [2.05, 4.69) is 5.32 Å². The van der Waals surface area contributed by atoms with Gasteiger partial charge < -0.3 is 10.4 Å². The van der Waals surface area contributed by atoms with E-state index in [0.29, 0.717) is 6.42 Å². The van der Waals surface area contributed by atoms with E-state index in [9.17, 15) is 14.3 Å². The van der Waals surface area contributed by atoms with E-state index < -0.39 is 11.9 Å². The highest BCUT2D eigenvalue weighted by molar-refractivity contribution is 7.09. The van der Waals surface area contributed by atoms with Gasteiger partial charge >= 0.3 is 0 Å². The Balaban J connectivity index is 1.84. The van der Waals surface area contributed by atoms with Gasteiger partial charge in [0.15, 0.2) is 0 Å². The number of aliphatic hydroxyl groups is 1. The maximum absolute atomic E-state index is 13.5. The van der Waals surface area contributed by atoms with Gasteiger partial charge in [-0.1, -0.05) is 31.2 Å². The van der Waals surface area contributed by atoms with E-state index in [1.54, 1.807) is 23.5 Å². The molecule has 0 radical (unpaired) electrons. The van der Waals surface area contributed by atoms with Crippen molar-refractivity contribution in [2.75, 3.05) is 6.54 Å². The normalized spacial score (nSPS) is 13.7. The van der Waals surface area contributed by atoms with E-state index in [-0.39, 0.29) is 23.9 Å². The number of nitrogens with one attached hydrogen (secondary N) is 1. The molecule has 1 aromatic heterocycles. The molecule has 5 heteroatoms. The average molecular weight is 307 g/mol. The molecular weight excluding hydrogens is 289 g/mol. The first kappa shape index (κ1) is 15.7. The summed E-state index contributed by atoms with van der Waals surface area (Å²) in [5, 5.41) is 14.6. The zero-order valence-corrected chi connectivity index (χ0v) is 12.6. The summed E-state index contributed by atoms with van der Waals surface area (Å²) in [5.74, 6) is -0.791. The molecule has 2 atom stereocenters. The largest absolute Gasteiger partial charge is 0.386 e. The first-order valence-corrected chi connectivity index (χ1v) is 7.68. The number of benzene rings is 1. The molecule has 2 N–H and O–H groups in total. The van der Waals surface area contributed by atoms with Crippen molar-refractivity contribution in [3.63, 3.8) is 0 Å². The second-order valence-corrected chi connectivity index (χ2v) is 6.00. The Kier molecular flexibility index (Phi) is 5.47. The number of rotatable bonds is 6. The summed E-state index contributed by atoms with van der Waals surface area (Å²) in [6.45, 7) is 1.85. The third-order valence-electron chi connectivity index (χ3n) is 3.27. The van der Waals surface area contributed by atoms with Crippen LogP contribution in [0.2, 0.25) is 0 Å². The van der Waals surface area contributed by atoms with Crippen LogP contribution in [0.15, 0.2) is 41.8 Å². The fourth-order valence-corrected chi connectivity index (χ4v) is 2.89. The lowest BCUT2D eigenvalue weighted by Crippen LogP contribution is -2.33. The molecule has 0 aliphatic carbocycles. The number of carbonyl (C=O) groups is 1. The number of hydrogen-bond donors (Lipinski definition) is 2. The first-order valence-electron chi connectivity index (χ1n) is 6.80. The molecule has 0 spiro atoms. The van der Waals surface area contributed by atoms with Crippen molar-refractivity contribution in [2.24, 2.45) is 5.92 Å². The summed E-state index contributed by atoms with van der Waals surface area (Å²) in [4.78, 5) is 13.1. The van der Waals surface area contributed by atoms with E-state index >= 15 is 0 Å². The SMILES string of the molecule is CC(Cc1cccs1)C(=O)NCC(O)c1ccccc1F. The Morgan fingerprint density at radius 3 is 2.76 bits per heavy atom. The van der Waals surface area contributed by atoms with Crippen molar-refractivity contribution in [1.82, 2.24) is 5.32 Å². The van der Waals surface area contributed by atoms with Crippen LogP contribution in [0.1, 0.15) is 23.5 Å². The van der Waals surface area contributed by atoms with Gasteiger partial charge in [-0.2, -0.15) is 0 Å². The van der Waals surface area contributed by atoms with Crippen molar-refractivity contribution in [3.8, 4) is 0 Å². The minimum absolute atomic E-state index is 0.00848. The van der Waals surface area contributed by atoms with Crippen LogP contribution in [0.5, 0.6) is 0 Å². The highest BCUT2D eigenvalue weighted by Crippen LogP contribution is 2.17. The van der Waals surface area contributed by atoms with Crippen LogP contribution in [0, 0.1) is 11.7 Å². The molecule has 3 nitrogen and oxygen atoms in total. The zero-order valence-electron chi connectivity index (χ0n) is 11.8. The van der Waals surface area contributed by atoms with E-state index in [1.165, 1.54) is 12.1 Å². The van der Waals surface area contributed by atoms with Crippen LogP contribution < -0.4 is 5.32 Å². The van der Waals surface area contributed by atoms with Crippen LogP contribution in [-0.2, 0) is 11.2 Å². The number of hydrogen-bond acceptors (Lipinski definition) is 3. The molecule has 0 saturated carbocycles. The molecule has 0 aliphatic heterocycles. The van der Waals surface area contributed by atoms with E-state index in [0.717, 1.165) is 4.88 Å². The number of halogens is 1. The van der Waals surface area contributed by atoms with Crippen LogP contribution >= 0.6 is 11.3 Å². The average Bonchev–Trinajstić information content (AvgIpc) is 2.97. The quantitative estimate of drug-likeness (QED) is 0.862. The summed E-state index contributed by atoms with van der Waals surface area (Å²) in [7, 11) is 0. The second kappa shape index (κ2) is 7.33. The van der Waals surface area contributed by atoms with Gasteiger partial charge in [0.2, 0.25) is 5.91 Å². The monoisotopic (exact) mass is 307 g/mol. The van der Waals surface area contributed by atoms with Gasteiger partial charge in [0.1, 0.15) is 5.82 Å². The zero-order chi connectivity index (χ0) is 15.2.